The van der Waals surface area contributed by atoms with Gasteiger partial charge in [-0.15, -0.1) is 11.3 Å². The van der Waals surface area contributed by atoms with Crippen LogP contribution in [0, 0.1) is 0 Å². The van der Waals surface area contributed by atoms with E-state index in [4.69, 9.17) is 8.83 Å². The number of thiophene rings is 1. The highest BCUT2D eigenvalue weighted by Crippen LogP contribution is 2.43. The maximum atomic E-state index is 6.34. The van der Waals surface area contributed by atoms with E-state index in [2.05, 4.69) is 144 Å². The van der Waals surface area contributed by atoms with E-state index >= 15 is 0 Å². The van der Waals surface area contributed by atoms with Crippen LogP contribution in [0.1, 0.15) is 0 Å². The Morgan fingerprint density at radius 1 is 0.360 bits per heavy atom. The molecule has 3 aromatic heterocycles. The zero-order valence-corrected chi connectivity index (χ0v) is 27.6. The van der Waals surface area contributed by atoms with Gasteiger partial charge >= 0.3 is 0 Å². The van der Waals surface area contributed by atoms with Crippen molar-refractivity contribution in [1.82, 2.24) is 0 Å². The monoisotopic (exact) mass is 657 g/mol. The van der Waals surface area contributed by atoms with Crippen LogP contribution in [0.2, 0.25) is 0 Å². The van der Waals surface area contributed by atoms with Crippen molar-refractivity contribution in [3.8, 4) is 11.1 Å². The van der Waals surface area contributed by atoms with Gasteiger partial charge in [0.15, 0.2) is 0 Å². The maximum absolute atomic E-state index is 6.34. The van der Waals surface area contributed by atoms with Crippen molar-refractivity contribution in [2.75, 3.05) is 4.90 Å². The molecule has 0 unspecified atom stereocenters. The van der Waals surface area contributed by atoms with Gasteiger partial charge in [0.05, 0.1) is 0 Å². The molecule has 50 heavy (non-hydrogen) atoms. The third-order valence-corrected chi connectivity index (χ3v) is 11.3. The summed E-state index contributed by atoms with van der Waals surface area (Å²) in [5.74, 6) is 0. The molecule has 8 aromatic carbocycles. The minimum absolute atomic E-state index is 0.861. The minimum Gasteiger partial charge on any atom is -0.456 e. The second-order valence-corrected chi connectivity index (χ2v) is 14.0. The van der Waals surface area contributed by atoms with Crippen molar-refractivity contribution in [2.24, 2.45) is 0 Å². The van der Waals surface area contributed by atoms with Crippen LogP contribution < -0.4 is 4.90 Å². The van der Waals surface area contributed by atoms with E-state index in [1.807, 2.05) is 35.6 Å². The summed E-state index contributed by atoms with van der Waals surface area (Å²) in [6.45, 7) is 0. The molecule has 0 amide bonds. The number of hydrogen-bond acceptors (Lipinski definition) is 4. The molecule has 0 aliphatic carbocycles. The average Bonchev–Trinajstić information content (AvgIpc) is 3.85. The molecule has 0 radical (unpaired) electrons. The van der Waals surface area contributed by atoms with E-state index in [9.17, 15) is 0 Å². The predicted octanol–water partition coefficient (Wildman–Crippen LogP) is 14.1. The van der Waals surface area contributed by atoms with Crippen LogP contribution in [0.15, 0.2) is 173 Å². The van der Waals surface area contributed by atoms with Gasteiger partial charge in [-0.1, -0.05) is 97.1 Å². The van der Waals surface area contributed by atoms with Crippen LogP contribution in [0.3, 0.4) is 0 Å². The fourth-order valence-corrected chi connectivity index (χ4v) is 8.92. The molecule has 3 nitrogen and oxygen atoms in total. The molecular weight excluding hydrogens is 631 g/mol. The molecule has 3 heterocycles. The Bertz CT molecular complexity index is 2990. The molecule has 11 rings (SSSR count). The Hall–Kier alpha value is -6.36. The SMILES string of the molecule is c1ccc2c(c1)ccc1c3ccc(-c4ccc(N(c5ccc6c(c5)oc5ccccc56)c5ccc6c(c5)oc5ccccc56)cc4)cc3sc21. The van der Waals surface area contributed by atoms with Crippen LogP contribution in [0.25, 0.3) is 85.9 Å². The number of nitrogens with zero attached hydrogens (tertiary/aromatic N) is 1. The van der Waals surface area contributed by atoms with E-state index in [0.717, 1.165) is 60.9 Å². The fraction of sp³-hybridized carbons (Fsp3) is 0. The van der Waals surface area contributed by atoms with Crippen LogP contribution in [0.5, 0.6) is 0 Å². The summed E-state index contributed by atoms with van der Waals surface area (Å²) in [7, 11) is 0. The number of furan rings is 2. The lowest BCUT2D eigenvalue weighted by molar-refractivity contribution is 0.669. The first-order valence-electron chi connectivity index (χ1n) is 16.8. The summed E-state index contributed by atoms with van der Waals surface area (Å²) in [6.07, 6.45) is 0. The van der Waals surface area contributed by atoms with Crippen molar-refractivity contribution >= 4 is 103 Å². The molecule has 0 bridgehead atoms. The maximum Gasteiger partial charge on any atom is 0.137 e. The summed E-state index contributed by atoms with van der Waals surface area (Å²) >= 11 is 1.88. The van der Waals surface area contributed by atoms with Crippen molar-refractivity contribution in [2.45, 2.75) is 0 Å². The normalized spacial score (nSPS) is 12.0. The highest BCUT2D eigenvalue weighted by Gasteiger charge is 2.18. The number of fused-ring (bicyclic) bond motifs is 11. The van der Waals surface area contributed by atoms with Crippen LogP contribution in [0.4, 0.5) is 17.1 Å². The second-order valence-electron chi connectivity index (χ2n) is 12.9. The van der Waals surface area contributed by atoms with Crippen LogP contribution >= 0.6 is 11.3 Å². The Labute approximate surface area is 290 Å². The summed E-state index contributed by atoms with van der Waals surface area (Å²) in [5.41, 5.74) is 8.97. The largest absolute Gasteiger partial charge is 0.456 e. The first kappa shape index (κ1) is 27.6. The molecule has 0 atom stereocenters. The molecule has 0 aliphatic rings. The van der Waals surface area contributed by atoms with E-state index in [0.29, 0.717) is 0 Å². The lowest BCUT2D eigenvalue weighted by Gasteiger charge is -2.25. The number of anilines is 3. The van der Waals surface area contributed by atoms with Crippen molar-refractivity contribution < 1.29 is 8.83 Å². The Balaban J connectivity index is 1.04. The number of rotatable bonds is 4. The fourth-order valence-electron chi connectivity index (χ4n) is 7.64. The van der Waals surface area contributed by atoms with Crippen LogP contribution in [-0.4, -0.2) is 0 Å². The van der Waals surface area contributed by atoms with Gasteiger partial charge < -0.3 is 13.7 Å². The number of benzene rings is 8. The summed E-state index contributed by atoms with van der Waals surface area (Å²) in [5, 5.41) is 9.70. The lowest BCUT2D eigenvalue weighted by Crippen LogP contribution is -2.09. The molecule has 0 fully saturated rings. The Morgan fingerprint density at radius 3 is 1.56 bits per heavy atom. The average molecular weight is 658 g/mol. The van der Waals surface area contributed by atoms with E-state index < -0.39 is 0 Å². The molecule has 11 aromatic rings. The van der Waals surface area contributed by atoms with Crippen molar-refractivity contribution in [3.05, 3.63) is 164 Å². The van der Waals surface area contributed by atoms with Crippen molar-refractivity contribution in [1.29, 1.82) is 0 Å². The molecule has 0 saturated carbocycles. The van der Waals surface area contributed by atoms with Gasteiger partial charge in [-0.25, -0.2) is 0 Å². The molecular formula is C46H27NO2S. The van der Waals surface area contributed by atoms with Gasteiger partial charge in [0.1, 0.15) is 22.3 Å². The summed E-state index contributed by atoms with van der Waals surface area (Å²) in [4.78, 5) is 2.28. The van der Waals surface area contributed by atoms with E-state index in [1.165, 1.54) is 42.1 Å². The van der Waals surface area contributed by atoms with E-state index in [-0.39, 0.29) is 0 Å². The molecule has 0 N–H and O–H groups in total. The third-order valence-electron chi connectivity index (χ3n) is 10.1. The zero-order chi connectivity index (χ0) is 32.8. The van der Waals surface area contributed by atoms with Crippen molar-refractivity contribution in [3.63, 3.8) is 0 Å². The van der Waals surface area contributed by atoms with E-state index in [1.54, 1.807) is 0 Å². The molecule has 0 aliphatic heterocycles. The predicted molar refractivity (Wildman–Crippen MR) is 212 cm³/mol. The lowest BCUT2D eigenvalue weighted by atomic mass is 10.0. The Morgan fingerprint density at radius 2 is 0.880 bits per heavy atom. The molecule has 0 spiro atoms. The van der Waals surface area contributed by atoms with Gasteiger partial charge in [0, 0.05) is 70.9 Å². The molecule has 234 valence electrons. The topological polar surface area (TPSA) is 29.5 Å². The van der Waals surface area contributed by atoms with Gasteiger partial charge in [0.2, 0.25) is 0 Å². The Kier molecular flexibility index (Phi) is 5.83. The highest BCUT2D eigenvalue weighted by molar-refractivity contribution is 7.26. The summed E-state index contributed by atoms with van der Waals surface area (Å²) in [6, 6.07) is 58.3. The number of hydrogen-bond donors (Lipinski definition) is 0. The second kappa shape index (κ2) is 10.6. The zero-order valence-electron chi connectivity index (χ0n) is 26.8. The van der Waals surface area contributed by atoms with Gasteiger partial charge in [0.25, 0.3) is 0 Å². The van der Waals surface area contributed by atoms with Gasteiger partial charge in [-0.2, -0.15) is 0 Å². The standard InChI is InChI=1S/C46H27NO2S/c1-2-8-34-29(7-1)15-22-40-39-21-16-30(25-45(39)50-46(34)40)28-13-17-31(18-14-28)47(32-19-23-37-35-9-3-5-11-41(35)48-43(37)26-32)33-20-24-38-36-10-4-6-12-42(36)49-44(38)27-33/h1-27H. The first-order chi connectivity index (χ1) is 24.7. The highest BCUT2D eigenvalue weighted by atomic mass is 32.1. The number of para-hydroxylation sites is 2. The van der Waals surface area contributed by atoms with Gasteiger partial charge in [-0.05, 0) is 76.5 Å². The van der Waals surface area contributed by atoms with Gasteiger partial charge in [-0.3, -0.25) is 0 Å². The minimum atomic E-state index is 0.861. The molecule has 0 saturated heterocycles. The summed E-state index contributed by atoms with van der Waals surface area (Å²) < 4.78 is 15.3. The van der Waals surface area contributed by atoms with Crippen LogP contribution in [-0.2, 0) is 0 Å². The quantitative estimate of drug-likeness (QED) is 0.189. The third kappa shape index (κ3) is 4.16. The molecule has 4 heteroatoms. The smallest absolute Gasteiger partial charge is 0.137 e. The first-order valence-corrected chi connectivity index (χ1v) is 17.6.